The van der Waals surface area contributed by atoms with Gasteiger partial charge in [0.2, 0.25) is 11.8 Å². The lowest BCUT2D eigenvalue weighted by Crippen LogP contribution is -2.48. The van der Waals surface area contributed by atoms with Crippen LogP contribution in [0.1, 0.15) is 47.0 Å². The van der Waals surface area contributed by atoms with Crippen LogP contribution in [0.2, 0.25) is 0 Å². The zero-order valence-corrected chi connectivity index (χ0v) is 15.6. The molecule has 0 saturated carbocycles. The number of carbonyl (C=O) groups excluding carboxylic acids is 3. The van der Waals surface area contributed by atoms with Crippen LogP contribution in [0, 0.1) is 0 Å². The molecule has 2 N–H and O–H groups in total. The first kappa shape index (κ1) is 20.5. The normalized spacial score (nSPS) is 17.1. The second-order valence-electron chi connectivity index (χ2n) is 6.96. The van der Waals surface area contributed by atoms with Crippen LogP contribution in [0.3, 0.4) is 0 Å². The number of alkyl halides is 1. The van der Waals surface area contributed by atoms with Crippen molar-refractivity contribution in [1.82, 2.24) is 15.5 Å². The van der Waals surface area contributed by atoms with E-state index in [9.17, 15) is 14.4 Å². The quantitative estimate of drug-likeness (QED) is 0.728. The number of piperidine rings is 1. The van der Waals surface area contributed by atoms with Crippen LogP contribution in [-0.2, 0) is 14.3 Å². The zero-order chi connectivity index (χ0) is 18.3. The van der Waals surface area contributed by atoms with Gasteiger partial charge >= 0.3 is 6.09 Å². The Bertz CT molecular complexity index is 455. The first-order chi connectivity index (χ1) is 11.1. The molecule has 1 fully saturated rings. The smallest absolute Gasteiger partial charge is 0.407 e. The van der Waals surface area contributed by atoms with Crippen LogP contribution in [0.4, 0.5) is 4.79 Å². The van der Waals surface area contributed by atoms with Crippen LogP contribution in [0.5, 0.6) is 0 Å². The minimum Gasteiger partial charge on any atom is -0.444 e. The maximum absolute atomic E-state index is 11.9. The van der Waals surface area contributed by atoms with E-state index in [0.717, 1.165) is 0 Å². The summed E-state index contributed by atoms with van der Waals surface area (Å²) in [6, 6.07) is 0.0497. The summed E-state index contributed by atoms with van der Waals surface area (Å²) < 4.78 is 5.09. The van der Waals surface area contributed by atoms with Crippen molar-refractivity contribution in [3.8, 4) is 0 Å². The molecule has 3 amide bonds. The molecule has 0 aromatic heterocycles. The van der Waals surface area contributed by atoms with Crippen LogP contribution in [-0.4, -0.2) is 59.5 Å². The van der Waals surface area contributed by atoms with E-state index in [-0.39, 0.29) is 30.8 Å². The number of carbonyl (C=O) groups is 3. The third kappa shape index (κ3) is 7.86. The zero-order valence-electron chi connectivity index (χ0n) is 14.9. The molecule has 1 saturated heterocycles. The van der Waals surface area contributed by atoms with E-state index in [0.29, 0.717) is 25.9 Å². The van der Waals surface area contributed by atoms with E-state index >= 15 is 0 Å². The van der Waals surface area contributed by atoms with E-state index < -0.39 is 17.1 Å². The molecule has 7 nitrogen and oxygen atoms in total. The number of rotatable bonds is 5. The summed E-state index contributed by atoms with van der Waals surface area (Å²) in [4.78, 5) is 36.9. The summed E-state index contributed by atoms with van der Waals surface area (Å²) >= 11 is 5.80. The molecule has 138 valence electrons. The molecule has 1 aliphatic rings. The Morgan fingerprint density at radius 2 is 1.83 bits per heavy atom. The molecule has 0 aromatic rings. The van der Waals surface area contributed by atoms with Crippen LogP contribution in [0.25, 0.3) is 0 Å². The summed E-state index contributed by atoms with van der Waals surface area (Å²) in [6.07, 6.45) is 1.08. The Morgan fingerprint density at radius 1 is 1.25 bits per heavy atom. The van der Waals surface area contributed by atoms with Gasteiger partial charge in [-0.3, -0.25) is 9.59 Å². The van der Waals surface area contributed by atoms with Gasteiger partial charge < -0.3 is 20.3 Å². The minimum absolute atomic E-state index is 0.0497. The van der Waals surface area contributed by atoms with Gasteiger partial charge in [0, 0.05) is 32.1 Å². The number of halogens is 1. The Hall–Kier alpha value is -1.50. The van der Waals surface area contributed by atoms with Crippen molar-refractivity contribution in [2.75, 3.05) is 19.6 Å². The van der Waals surface area contributed by atoms with Gasteiger partial charge in [-0.1, -0.05) is 0 Å². The fourth-order valence-electron chi connectivity index (χ4n) is 2.39. The lowest BCUT2D eigenvalue weighted by Gasteiger charge is -2.33. The molecule has 0 radical (unpaired) electrons. The van der Waals surface area contributed by atoms with E-state index in [1.807, 2.05) is 0 Å². The molecule has 1 atom stereocenters. The Labute approximate surface area is 148 Å². The SMILES string of the molecule is CC(Cl)C(=O)N1CCC(NC(=O)CCNC(=O)OC(C)(C)C)CC1. The number of hydrogen-bond acceptors (Lipinski definition) is 4. The maximum atomic E-state index is 11.9. The molecule has 1 unspecified atom stereocenters. The highest BCUT2D eigenvalue weighted by Crippen LogP contribution is 2.13. The Kier molecular flexibility index (Phi) is 7.79. The average molecular weight is 362 g/mol. The minimum atomic E-state index is -0.557. The maximum Gasteiger partial charge on any atom is 0.407 e. The van der Waals surface area contributed by atoms with Gasteiger partial charge in [0.15, 0.2) is 0 Å². The first-order valence-electron chi connectivity index (χ1n) is 8.27. The molecule has 8 heteroatoms. The molecule has 0 spiro atoms. The van der Waals surface area contributed by atoms with Gasteiger partial charge in [-0.15, -0.1) is 11.6 Å². The van der Waals surface area contributed by atoms with E-state index in [4.69, 9.17) is 16.3 Å². The van der Waals surface area contributed by atoms with Gasteiger partial charge in [0.1, 0.15) is 11.0 Å². The third-order valence-electron chi connectivity index (χ3n) is 3.53. The topological polar surface area (TPSA) is 87.7 Å². The number of amides is 3. The Balaban J connectivity index is 2.21. The van der Waals surface area contributed by atoms with Gasteiger partial charge in [0.25, 0.3) is 0 Å². The van der Waals surface area contributed by atoms with E-state index in [1.54, 1.807) is 32.6 Å². The molecule has 0 bridgehead atoms. The predicted octanol–water partition coefficient (Wildman–Crippen LogP) is 1.64. The van der Waals surface area contributed by atoms with Crippen LogP contribution in [0.15, 0.2) is 0 Å². The van der Waals surface area contributed by atoms with Crippen molar-refractivity contribution < 1.29 is 19.1 Å². The molecule has 0 aromatic carbocycles. The number of nitrogens with one attached hydrogen (secondary N) is 2. The van der Waals surface area contributed by atoms with Crippen molar-refractivity contribution in [1.29, 1.82) is 0 Å². The summed E-state index contributed by atoms with van der Waals surface area (Å²) in [5.74, 6) is -0.190. The van der Waals surface area contributed by atoms with Crippen molar-refractivity contribution in [2.45, 2.75) is 64.0 Å². The average Bonchev–Trinajstić information content (AvgIpc) is 2.45. The van der Waals surface area contributed by atoms with Crippen LogP contribution >= 0.6 is 11.6 Å². The highest BCUT2D eigenvalue weighted by molar-refractivity contribution is 6.30. The summed E-state index contributed by atoms with van der Waals surface area (Å²) in [5, 5.41) is 4.96. The lowest BCUT2D eigenvalue weighted by atomic mass is 10.0. The first-order valence-corrected chi connectivity index (χ1v) is 8.71. The fraction of sp³-hybridized carbons (Fsp3) is 0.812. The van der Waals surface area contributed by atoms with Crippen molar-refractivity contribution in [3.63, 3.8) is 0 Å². The number of hydrogen-bond donors (Lipinski definition) is 2. The number of nitrogens with zero attached hydrogens (tertiary/aromatic N) is 1. The molecule has 1 heterocycles. The lowest BCUT2D eigenvalue weighted by molar-refractivity contribution is -0.131. The summed E-state index contributed by atoms with van der Waals surface area (Å²) in [5.41, 5.74) is -0.557. The van der Waals surface area contributed by atoms with Crippen molar-refractivity contribution >= 4 is 29.5 Å². The third-order valence-corrected chi connectivity index (χ3v) is 3.72. The number of ether oxygens (including phenoxy) is 1. The van der Waals surface area contributed by atoms with Crippen LogP contribution < -0.4 is 10.6 Å². The van der Waals surface area contributed by atoms with E-state index in [2.05, 4.69) is 10.6 Å². The Morgan fingerprint density at radius 3 is 2.33 bits per heavy atom. The van der Waals surface area contributed by atoms with Gasteiger partial charge in [0.05, 0.1) is 0 Å². The molecular formula is C16H28ClN3O4. The summed E-state index contributed by atoms with van der Waals surface area (Å²) in [6.45, 7) is 8.41. The molecule has 24 heavy (non-hydrogen) atoms. The van der Waals surface area contributed by atoms with E-state index in [1.165, 1.54) is 0 Å². The second kappa shape index (κ2) is 9.11. The predicted molar refractivity (Wildman–Crippen MR) is 91.9 cm³/mol. The van der Waals surface area contributed by atoms with Crippen molar-refractivity contribution in [3.05, 3.63) is 0 Å². The number of likely N-dealkylation sites (tertiary alicyclic amines) is 1. The molecular weight excluding hydrogens is 334 g/mol. The highest BCUT2D eigenvalue weighted by atomic mass is 35.5. The standard InChI is InChI=1S/C16H28ClN3O4/c1-11(17)14(22)20-9-6-12(7-10-20)19-13(21)5-8-18-15(23)24-16(2,3)4/h11-12H,5-10H2,1-4H3,(H,18,23)(H,19,21). The summed E-state index contributed by atoms with van der Waals surface area (Å²) in [7, 11) is 0. The van der Waals surface area contributed by atoms with Gasteiger partial charge in [-0.25, -0.2) is 4.79 Å². The molecule has 1 rings (SSSR count). The monoisotopic (exact) mass is 361 g/mol. The number of alkyl carbamates (subject to hydrolysis) is 1. The van der Waals surface area contributed by atoms with Gasteiger partial charge in [-0.2, -0.15) is 0 Å². The van der Waals surface area contributed by atoms with Crippen molar-refractivity contribution in [2.24, 2.45) is 0 Å². The fourth-order valence-corrected chi connectivity index (χ4v) is 2.53. The second-order valence-corrected chi connectivity index (χ2v) is 7.62. The molecule has 1 aliphatic heterocycles. The molecule has 0 aliphatic carbocycles. The highest BCUT2D eigenvalue weighted by Gasteiger charge is 2.25. The van der Waals surface area contributed by atoms with Gasteiger partial charge in [-0.05, 0) is 40.5 Å². The largest absolute Gasteiger partial charge is 0.444 e.